The van der Waals surface area contributed by atoms with Crippen LogP contribution in [0.3, 0.4) is 0 Å². The fraction of sp³-hybridized carbons (Fsp3) is 0.533. The number of sulfonamides is 1. The minimum atomic E-state index is -3.78. The second kappa shape index (κ2) is 6.58. The van der Waals surface area contributed by atoms with E-state index < -0.39 is 10.0 Å². The number of amides is 1. The van der Waals surface area contributed by atoms with Crippen molar-refractivity contribution in [2.45, 2.75) is 57.8 Å². The van der Waals surface area contributed by atoms with E-state index in [-0.39, 0.29) is 22.6 Å². The molecule has 0 radical (unpaired) electrons. The molecule has 0 aliphatic rings. The average molecular weight is 312 g/mol. The van der Waals surface area contributed by atoms with E-state index in [1.165, 1.54) is 0 Å². The molecule has 1 amide bonds. The topological polar surface area (TPSA) is 89.3 Å². The van der Waals surface area contributed by atoms with Crippen LogP contribution in [-0.4, -0.2) is 14.3 Å². The number of primary sulfonamides is 1. The molecule has 0 fully saturated rings. The first-order chi connectivity index (χ1) is 9.57. The summed E-state index contributed by atoms with van der Waals surface area (Å²) in [4.78, 5) is 11.8. The third-order valence-electron chi connectivity index (χ3n) is 3.33. The Balaban J connectivity index is 3.62. The van der Waals surface area contributed by atoms with Gasteiger partial charge in [-0.1, -0.05) is 34.6 Å². The third kappa shape index (κ3) is 4.28. The second-order valence-corrected chi connectivity index (χ2v) is 7.29. The summed E-state index contributed by atoms with van der Waals surface area (Å²) in [6.07, 6.45) is 0.367. The Kier molecular flexibility index (Phi) is 5.53. The Morgan fingerprint density at radius 1 is 1.14 bits per heavy atom. The van der Waals surface area contributed by atoms with Crippen LogP contribution in [-0.2, 0) is 14.8 Å². The van der Waals surface area contributed by atoms with Crippen molar-refractivity contribution in [2.75, 3.05) is 5.32 Å². The van der Waals surface area contributed by atoms with Gasteiger partial charge >= 0.3 is 0 Å². The molecule has 0 aliphatic heterocycles. The molecule has 5 nitrogen and oxygen atoms in total. The summed E-state index contributed by atoms with van der Waals surface area (Å²) < 4.78 is 23.3. The molecule has 1 rings (SSSR count). The molecule has 0 saturated carbocycles. The van der Waals surface area contributed by atoms with Gasteiger partial charge in [0.25, 0.3) is 0 Å². The number of carbonyl (C=O) groups is 1. The highest BCUT2D eigenvalue weighted by Crippen LogP contribution is 2.35. The number of rotatable bonds is 5. The summed E-state index contributed by atoms with van der Waals surface area (Å²) in [6, 6.07) is 3.11. The number of carbonyl (C=O) groups excluding carboxylic acids is 1. The number of nitrogens with two attached hydrogens (primary N) is 1. The zero-order valence-corrected chi connectivity index (χ0v) is 14.0. The lowest BCUT2D eigenvalue weighted by Crippen LogP contribution is -2.18. The molecule has 0 saturated heterocycles. The van der Waals surface area contributed by atoms with E-state index in [4.69, 9.17) is 5.14 Å². The van der Waals surface area contributed by atoms with Gasteiger partial charge in [0.2, 0.25) is 15.9 Å². The molecule has 0 atom stereocenters. The second-order valence-electron chi connectivity index (χ2n) is 5.73. The fourth-order valence-corrected chi connectivity index (χ4v) is 2.69. The van der Waals surface area contributed by atoms with Crippen LogP contribution in [0.5, 0.6) is 0 Å². The highest BCUT2D eigenvalue weighted by atomic mass is 32.2. The predicted octanol–water partition coefficient (Wildman–Crippen LogP) is 2.93. The Bertz CT molecular complexity index is 605. The SMILES string of the molecule is CCC(=O)Nc1c(C(C)C)cc(S(N)(=O)=O)cc1C(C)C. The van der Waals surface area contributed by atoms with Crippen molar-refractivity contribution in [3.63, 3.8) is 0 Å². The van der Waals surface area contributed by atoms with E-state index in [0.717, 1.165) is 11.1 Å². The predicted molar refractivity (Wildman–Crippen MR) is 84.9 cm³/mol. The largest absolute Gasteiger partial charge is 0.326 e. The maximum absolute atomic E-state index is 11.8. The van der Waals surface area contributed by atoms with Gasteiger partial charge in [0.15, 0.2) is 0 Å². The van der Waals surface area contributed by atoms with E-state index in [1.807, 2.05) is 27.7 Å². The van der Waals surface area contributed by atoms with Gasteiger partial charge in [-0.2, -0.15) is 0 Å². The lowest BCUT2D eigenvalue weighted by Gasteiger charge is -2.21. The Labute approximate surface area is 127 Å². The van der Waals surface area contributed by atoms with Gasteiger partial charge in [-0.25, -0.2) is 13.6 Å². The molecule has 0 aliphatic carbocycles. The van der Waals surface area contributed by atoms with Crippen LogP contribution in [0.25, 0.3) is 0 Å². The molecule has 0 aromatic heterocycles. The minimum absolute atomic E-state index is 0.0661. The summed E-state index contributed by atoms with van der Waals surface area (Å²) in [7, 11) is -3.78. The van der Waals surface area contributed by atoms with E-state index in [2.05, 4.69) is 5.32 Å². The number of hydrogen-bond donors (Lipinski definition) is 2. The van der Waals surface area contributed by atoms with E-state index in [9.17, 15) is 13.2 Å². The van der Waals surface area contributed by atoms with Crippen LogP contribution in [0.1, 0.15) is 64.0 Å². The molecule has 0 heterocycles. The van der Waals surface area contributed by atoms with E-state index >= 15 is 0 Å². The standard InChI is InChI=1S/C15H24N2O3S/c1-6-14(18)17-15-12(9(2)3)7-11(21(16,19)20)8-13(15)10(4)5/h7-10H,6H2,1-5H3,(H,17,18)(H2,16,19,20). The van der Waals surface area contributed by atoms with Gasteiger partial charge in [-0.05, 0) is 35.1 Å². The molecular weight excluding hydrogens is 288 g/mol. The number of benzene rings is 1. The highest BCUT2D eigenvalue weighted by Gasteiger charge is 2.20. The Morgan fingerprint density at radius 3 is 1.86 bits per heavy atom. The van der Waals surface area contributed by atoms with E-state index in [1.54, 1.807) is 19.1 Å². The number of hydrogen-bond acceptors (Lipinski definition) is 3. The molecular formula is C15H24N2O3S. The van der Waals surface area contributed by atoms with Crippen LogP contribution in [0.15, 0.2) is 17.0 Å². The van der Waals surface area contributed by atoms with Crippen molar-refractivity contribution < 1.29 is 13.2 Å². The normalized spacial score (nSPS) is 12.0. The number of anilines is 1. The average Bonchev–Trinajstić information content (AvgIpc) is 2.36. The van der Waals surface area contributed by atoms with Crippen LogP contribution in [0, 0.1) is 0 Å². The molecule has 6 heteroatoms. The summed E-state index contributed by atoms with van der Waals surface area (Å²) >= 11 is 0. The summed E-state index contributed by atoms with van der Waals surface area (Å²) in [6.45, 7) is 9.59. The van der Waals surface area contributed by atoms with Gasteiger partial charge in [0.1, 0.15) is 0 Å². The third-order valence-corrected chi connectivity index (χ3v) is 4.22. The van der Waals surface area contributed by atoms with Crippen LogP contribution < -0.4 is 10.5 Å². The molecule has 1 aromatic carbocycles. The van der Waals surface area contributed by atoms with E-state index in [0.29, 0.717) is 12.1 Å². The molecule has 0 unspecified atom stereocenters. The Hall–Kier alpha value is -1.40. The van der Waals surface area contributed by atoms with Gasteiger partial charge in [-0.15, -0.1) is 0 Å². The van der Waals surface area contributed by atoms with Gasteiger partial charge in [-0.3, -0.25) is 4.79 Å². The van der Waals surface area contributed by atoms with Crippen molar-refractivity contribution >= 4 is 21.6 Å². The monoisotopic (exact) mass is 312 g/mol. The molecule has 21 heavy (non-hydrogen) atoms. The first kappa shape index (κ1) is 17.7. The molecule has 0 bridgehead atoms. The lowest BCUT2D eigenvalue weighted by molar-refractivity contribution is -0.115. The first-order valence-corrected chi connectivity index (χ1v) is 8.63. The smallest absolute Gasteiger partial charge is 0.238 e. The van der Waals surface area contributed by atoms with Crippen LogP contribution in [0.4, 0.5) is 5.69 Å². The van der Waals surface area contributed by atoms with Crippen LogP contribution >= 0.6 is 0 Å². The molecule has 118 valence electrons. The maximum atomic E-state index is 11.8. The zero-order chi connectivity index (χ0) is 16.4. The van der Waals surface area contributed by atoms with Gasteiger partial charge in [0.05, 0.1) is 4.90 Å². The molecule has 1 aromatic rings. The summed E-state index contributed by atoms with van der Waals surface area (Å²) in [5, 5.41) is 8.15. The highest BCUT2D eigenvalue weighted by molar-refractivity contribution is 7.89. The molecule has 3 N–H and O–H groups in total. The summed E-state index contributed by atoms with van der Waals surface area (Å²) in [5.74, 6) is 0.0369. The lowest BCUT2D eigenvalue weighted by atomic mass is 9.92. The summed E-state index contributed by atoms with van der Waals surface area (Å²) in [5.41, 5.74) is 2.28. The van der Waals surface area contributed by atoms with Crippen molar-refractivity contribution in [3.8, 4) is 0 Å². The quantitative estimate of drug-likeness (QED) is 0.876. The molecule has 0 spiro atoms. The maximum Gasteiger partial charge on any atom is 0.238 e. The minimum Gasteiger partial charge on any atom is -0.326 e. The van der Waals surface area contributed by atoms with Crippen molar-refractivity contribution in [3.05, 3.63) is 23.3 Å². The van der Waals surface area contributed by atoms with Crippen molar-refractivity contribution in [2.24, 2.45) is 5.14 Å². The van der Waals surface area contributed by atoms with Crippen molar-refractivity contribution in [1.29, 1.82) is 0 Å². The Morgan fingerprint density at radius 2 is 1.57 bits per heavy atom. The first-order valence-electron chi connectivity index (χ1n) is 7.08. The fourth-order valence-electron chi connectivity index (χ4n) is 2.11. The van der Waals surface area contributed by atoms with Crippen molar-refractivity contribution in [1.82, 2.24) is 0 Å². The van der Waals surface area contributed by atoms with Gasteiger partial charge in [0, 0.05) is 12.1 Å². The zero-order valence-electron chi connectivity index (χ0n) is 13.2. The van der Waals surface area contributed by atoms with Gasteiger partial charge < -0.3 is 5.32 Å². The van der Waals surface area contributed by atoms with Crippen LogP contribution in [0.2, 0.25) is 0 Å². The number of nitrogens with one attached hydrogen (secondary N) is 1.